The first kappa shape index (κ1) is 21.2. The summed E-state index contributed by atoms with van der Waals surface area (Å²) in [7, 11) is 3.57. The maximum absolute atomic E-state index is 12.4. The van der Waals surface area contributed by atoms with Crippen LogP contribution in [0, 0.1) is 0 Å². The van der Waals surface area contributed by atoms with Crippen LogP contribution in [0.1, 0.15) is 12.0 Å². The molecule has 0 aliphatic heterocycles. The highest BCUT2D eigenvalue weighted by Gasteiger charge is 2.13. The molecule has 8 nitrogen and oxygen atoms in total. The van der Waals surface area contributed by atoms with Gasteiger partial charge in [-0.15, -0.1) is 0 Å². The van der Waals surface area contributed by atoms with Crippen LogP contribution in [-0.2, 0) is 11.3 Å². The topological polar surface area (TPSA) is 106 Å². The van der Waals surface area contributed by atoms with E-state index >= 15 is 0 Å². The average Bonchev–Trinajstić information content (AvgIpc) is 3.31. The van der Waals surface area contributed by atoms with Gasteiger partial charge in [-0.1, -0.05) is 18.2 Å². The van der Waals surface area contributed by atoms with Crippen molar-refractivity contribution in [3.8, 4) is 16.9 Å². The fourth-order valence-corrected chi connectivity index (χ4v) is 3.05. The standard InChI is InChI=1S/C22H27N5O3/c1-27(10-4-9-23)21-12-17(18-13-24-25-14-18)7-8-20(21)26-22(28)30-15-16-5-3-6-19(11-16)29-2/h3,5-8,11-14H,4,9-10,15,23H2,1-2H3,(H,24,25)(H,26,28). The van der Waals surface area contributed by atoms with Crippen molar-refractivity contribution < 1.29 is 14.3 Å². The molecule has 0 fully saturated rings. The number of benzene rings is 2. The van der Waals surface area contributed by atoms with E-state index in [1.165, 1.54) is 0 Å². The fraction of sp³-hybridized carbons (Fsp3) is 0.273. The molecule has 1 heterocycles. The van der Waals surface area contributed by atoms with Gasteiger partial charge in [-0.3, -0.25) is 10.4 Å². The van der Waals surface area contributed by atoms with Crippen LogP contribution in [0.2, 0.25) is 0 Å². The van der Waals surface area contributed by atoms with Gasteiger partial charge >= 0.3 is 6.09 Å². The Hall–Kier alpha value is -3.52. The van der Waals surface area contributed by atoms with E-state index in [9.17, 15) is 4.79 Å². The lowest BCUT2D eigenvalue weighted by atomic mass is 10.1. The molecule has 0 atom stereocenters. The number of rotatable bonds is 9. The first-order valence-electron chi connectivity index (χ1n) is 9.72. The van der Waals surface area contributed by atoms with Crippen molar-refractivity contribution in [1.82, 2.24) is 10.2 Å². The summed E-state index contributed by atoms with van der Waals surface area (Å²) in [4.78, 5) is 14.5. The van der Waals surface area contributed by atoms with Gasteiger partial charge in [0.05, 0.1) is 24.7 Å². The number of aromatic amines is 1. The van der Waals surface area contributed by atoms with Gasteiger partial charge in [0.2, 0.25) is 0 Å². The van der Waals surface area contributed by atoms with E-state index in [2.05, 4.69) is 20.4 Å². The number of carbonyl (C=O) groups excluding carboxylic acids is 1. The summed E-state index contributed by atoms with van der Waals surface area (Å²) in [6.07, 6.45) is 3.90. The van der Waals surface area contributed by atoms with Crippen LogP contribution < -0.4 is 20.7 Å². The van der Waals surface area contributed by atoms with Gasteiger partial charge in [-0.25, -0.2) is 4.79 Å². The minimum Gasteiger partial charge on any atom is -0.497 e. The molecule has 30 heavy (non-hydrogen) atoms. The Morgan fingerprint density at radius 1 is 1.23 bits per heavy atom. The summed E-state index contributed by atoms with van der Waals surface area (Å²) < 4.78 is 10.6. The zero-order valence-corrected chi connectivity index (χ0v) is 17.2. The first-order chi connectivity index (χ1) is 14.6. The monoisotopic (exact) mass is 409 g/mol. The molecule has 0 saturated heterocycles. The smallest absolute Gasteiger partial charge is 0.412 e. The van der Waals surface area contributed by atoms with Gasteiger partial charge < -0.3 is 20.1 Å². The van der Waals surface area contributed by atoms with E-state index in [1.54, 1.807) is 13.3 Å². The number of nitrogens with two attached hydrogens (primary N) is 1. The molecule has 3 aromatic rings. The summed E-state index contributed by atoms with van der Waals surface area (Å²) in [5, 5.41) is 9.68. The number of amides is 1. The molecule has 0 bridgehead atoms. The molecule has 0 aliphatic carbocycles. The second-order valence-corrected chi connectivity index (χ2v) is 6.84. The Morgan fingerprint density at radius 3 is 2.83 bits per heavy atom. The number of hydrogen-bond donors (Lipinski definition) is 3. The molecule has 0 spiro atoms. The van der Waals surface area contributed by atoms with E-state index < -0.39 is 6.09 Å². The highest BCUT2D eigenvalue weighted by Crippen LogP contribution is 2.31. The van der Waals surface area contributed by atoms with Gasteiger partial charge in [0, 0.05) is 25.4 Å². The summed E-state index contributed by atoms with van der Waals surface area (Å²) in [6.45, 7) is 1.50. The third kappa shape index (κ3) is 5.51. The lowest BCUT2D eigenvalue weighted by molar-refractivity contribution is 0.155. The second-order valence-electron chi connectivity index (χ2n) is 6.84. The second kappa shape index (κ2) is 10.3. The third-order valence-corrected chi connectivity index (χ3v) is 4.68. The van der Waals surface area contributed by atoms with Crippen molar-refractivity contribution in [1.29, 1.82) is 0 Å². The Balaban J connectivity index is 1.73. The molecule has 1 amide bonds. The number of methoxy groups -OCH3 is 1. The highest BCUT2D eigenvalue weighted by molar-refractivity contribution is 5.91. The Morgan fingerprint density at radius 2 is 2.10 bits per heavy atom. The molecule has 4 N–H and O–H groups in total. The molecule has 0 aliphatic rings. The number of hydrogen-bond acceptors (Lipinski definition) is 6. The molecular weight excluding hydrogens is 382 g/mol. The fourth-order valence-electron chi connectivity index (χ4n) is 3.05. The largest absolute Gasteiger partial charge is 0.497 e. The van der Waals surface area contributed by atoms with Crippen molar-refractivity contribution in [2.45, 2.75) is 13.0 Å². The van der Waals surface area contributed by atoms with Crippen LogP contribution in [0.4, 0.5) is 16.2 Å². The Kier molecular flexibility index (Phi) is 7.29. The van der Waals surface area contributed by atoms with Crippen LogP contribution in [-0.4, -0.2) is 43.5 Å². The zero-order chi connectivity index (χ0) is 21.3. The normalized spacial score (nSPS) is 10.5. The zero-order valence-electron chi connectivity index (χ0n) is 17.2. The number of carbonyl (C=O) groups is 1. The SMILES string of the molecule is COc1cccc(COC(=O)Nc2ccc(-c3cn[nH]c3)cc2N(C)CCCN)c1. The van der Waals surface area contributed by atoms with Crippen LogP contribution >= 0.6 is 0 Å². The maximum Gasteiger partial charge on any atom is 0.412 e. The Bertz CT molecular complexity index is 959. The number of H-pyrrole nitrogens is 1. The summed E-state index contributed by atoms with van der Waals surface area (Å²) >= 11 is 0. The number of nitrogens with zero attached hydrogens (tertiary/aromatic N) is 2. The van der Waals surface area contributed by atoms with Gasteiger partial charge in [-0.05, 0) is 48.4 Å². The van der Waals surface area contributed by atoms with Crippen LogP contribution in [0.3, 0.4) is 0 Å². The number of anilines is 2. The average molecular weight is 409 g/mol. The van der Waals surface area contributed by atoms with E-state index in [4.69, 9.17) is 15.2 Å². The van der Waals surface area contributed by atoms with E-state index in [0.29, 0.717) is 12.2 Å². The summed E-state index contributed by atoms with van der Waals surface area (Å²) in [6, 6.07) is 13.2. The lowest BCUT2D eigenvalue weighted by Gasteiger charge is -2.23. The molecule has 3 rings (SSSR count). The van der Waals surface area contributed by atoms with Crippen molar-refractivity contribution >= 4 is 17.5 Å². The summed E-state index contributed by atoms with van der Waals surface area (Å²) in [5.41, 5.74) is 10.0. The predicted molar refractivity (Wildman–Crippen MR) is 118 cm³/mol. The van der Waals surface area contributed by atoms with Gasteiger partial charge in [-0.2, -0.15) is 5.10 Å². The van der Waals surface area contributed by atoms with Crippen molar-refractivity contribution in [2.75, 3.05) is 37.5 Å². The maximum atomic E-state index is 12.4. The summed E-state index contributed by atoms with van der Waals surface area (Å²) in [5.74, 6) is 0.718. The van der Waals surface area contributed by atoms with Gasteiger partial charge in [0.1, 0.15) is 12.4 Å². The van der Waals surface area contributed by atoms with Gasteiger partial charge in [0.25, 0.3) is 0 Å². The minimum atomic E-state index is -0.526. The van der Waals surface area contributed by atoms with E-state index in [1.807, 2.05) is 55.7 Å². The first-order valence-corrected chi connectivity index (χ1v) is 9.72. The molecular formula is C22H27N5O3. The number of nitrogens with one attached hydrogen (secondary N) is 2. The van der Waals surface area contributed by atoms with Crippen LogP contribution in [0.15, 0.2) is 54.9 Å². The van der Waals surface area contributed by atoms with E-state index in [-0.39, 0.29) is 6.61 Å². The van der Waals surface area contributed by atoms with E-state index in [0.717, 1.165) is 41.1 Å². The number of aromatic nitrogens is 2. The molecule has 0 saturated carbocycles. The van der Waals surface area contributed by atoms with Crippen LogP contribution in [0.25, 0.3) is 11.1 Å². The third-order valence-electron chi connectivity index (χ3n) is 4.68. The lowest BCUT2D eigenvalue weighted by Crippen LogP contribution is -2.23. The quantitative estimate of drug-likeness (QED) is 0.498. The van der Waals surface area contributed by atoms with Crippen molar-refractivity contribution in [2.24, 2.45) is 5.73 Å². The highest BCUT2D eigenvalue weighted by atomic mass is 16.5. The molecule has 0 radical (unpaired) electrons. The minimum absolute atomic E-state index is 0.147. The van der Waals surface area contributed by atoms with Crippen molar-refractivity contribution in [3.63, 3.8) is 0 Å². The van der Waals surface area contributed by atoms with Gasteiger partial charge in [0.15, 0.2) is 0 Å². The molecule has 8 heteroatoms. The molecule has 2 aromatic carbocycles. The predicted octanol–water partition coefficient (Wildman–Crippen LogP) is 3.62. The van der Waals surface area contributed by atoms with Crippen molar-refractivity contribution in [3.05, 3.63) is 60.4 Å². The molecule has 0 unspecified atom stereocenters. The molecule has 158 valence electrons. The number of ether oxygens (including phenoxy) is 2. The molecule has 1 aromatic heterocycles. The Labute approximate surface area is 176 Å². The van der Waals surface area contributed by atoms with Crippen LogP contribution in [0.5, 0.6) is 5.75 Å².